The molecule has 0 unspecified atom stereocenters. The Kier molecular flexibility index (Phi) is 5.78. The molecule has 21 heavy (non-hydrogen) atoms. The Labute approximate surface area is 134 Å². The Morgan fingerprint density at radius 1 is 1.38 bits per heavy atom. The van der Waals surface area contributed by atoms with Gasteiger partial charge in [0.2, 0.25) is 0 Å². The number of nitrogens with two attached hydrogens (primary N) is 1. The first kappa shape index (κ1) is 17.5. The van der Waals surface area contributed by atoms with Crippen LogP contribution in [0, 0.1) is 0 Å². The molecule has 1 aromatic heterocycles. The Morgan fingerprint density at radius 2 is 2.00 bits per heavy atom. The molecule has 2 aromatic rings. The zero-order chi connectivity index (χ0) is 14.8. The van der Waals surface area contributed by atoms with Gasteiger partial charge in [0.25, 0.3) is 5.91 Å². The van der Waals surface area contributed by atoms with E-state index in [1.54, 1.807) is 18.2 Å². The van der Waals surface area contributed by atoms with Crippen LogP contribution in [-0.4, -0.2) is 28.2 Å². The third-order valence-electron chi connectivity index (χ3n) is 2.67. The van der Waals surface area contributed by atoms with Crippen LogP contribution in [0.15, 0.2) is 30.3 Å². The molecular formula is C14H18Cl2N4O. The van der Waals surface area contributed by atoms with Gasteiger partial charge in [0, 0.05) is 22.7 Å². The molecule has 4 N–H and O–H groups in total. The molecular weight excluding hydrogens is 311 g/mol. The highest BCUT2D eigenvalue weighted by Gasteiger charge is 2.15. The fourth-order valence-electron chi connectivity index (χ4n) is 1.61. The van der Waals surface area contributed by atoms with Gasteiger partial charge >= 0.3 is 0 Å². The molecule has 0 spiro atoms. The standard InChI is InChI=1S/C14H17ClN4O.ClH/c1-14(2,16)8-17-13(20)12-7-11(18-19-12)9-3-5-10(15)6-4-9;/h3-7H,8,16H2,1-2H3,(H,17,20)(H,18,19);1H. The third-order valence-corrected chi connectivity index (χ3v) is 2.92. The Bertz CT molecular complexity index is 602. The van der Waals surface area contributed by atoms with Crippen molar-refractivity contribution in [3.8, 4) is 11.3 Å². The van der Waals surface area contributed by atoms with Crippen molar-refractivity contribution < 1.29 is 4.79 Å². The van der Waals surface area contributed by atoms with Crippen LogP contribution in [0.5, 0.6) is 0 Å². The number of carbonyl (C=O) groups excluding carboxylic acids is 1. The summed E-state index contributed by atoms with van der Waals surface area (Å²) in [5, 5.41) is 10.3. The predicted molar refractivity (Wildman–Crippen MR) is 86.9 cm³/mol. The summed E-state index contributed by atoms with van der Waals surface area (Å²) in [6.07, 6.45) is 0. The zero-order valence-electron chi connectivity index (χ0n) is 11.8. The van der Waals surface area contributed by atoms with Gasteiger partial charge < -0.3 is 11.1 Å². The van der Waals surface area contributed by atoms with Gasteiger partial charge in [-0.2, -0.15) is 5.10 Å². The fraction of sp³-hybridized carbons (Fsp3) is 0.286. The number of rotatable bonds is 4. The molecule has 2 rings (SSSR count). The minimum Gasteiger partial charge on any atom is -0.349 e. The van der Waals surface area contributed by atoms with Gasteiger partial charge in [0.15, 0.2) is 0 Å². The van der Waals surface area contributed by atoms with E-state index in [9.17, 15) is 4.79 Å². The number of nitrogens with zero attached hydrogens (tertiary/aromatic N) is 1. The SMILES string of the molecule is CC(C)(N)CNC(=O)c1cc(-c2ccc(Cl)cc2)n[nH]1.Cl. The van der Waals surface area contributed by atoms with E-state index in [-0.39, 0.29) is 18.3 Å². The maximum absolute atomic E-state index is 11.9. The summed E-state index contributed by atoms with van der Waals surface area (Å²) in [7, 11) is 0. The molecule has 0 radical (unpaired) electrons. The maximum atomic E-state index is 11.9. The number of hydrogen-bond acceptors (Lipinski definition) is 3. The minimum absolute atomic E-state index is 0. The number of H-pyrrole nitrogens is 1. The summed E-state index contributed by atoms with van der Waals surface area (Å²) in [6, 6.07) is 8.96. The first-order valence-electron chi connectivity index (χ1n) is 6.23. The lowest BCUT2D eigenvalue weighted by molar-refractivity contribution is 0.0941. The summed E-state index contributed by atoms with van der Waals surface area (Å²) < 4.78 is 0. The van der Waals surface area contributed by atoms with Gasteiger partial charge in [-0.3, -0.25) is 9.89 Å². The number of amides is 1. The van der Waals surface area contributed by atoms with Gasteiger partial charge in [-0.1, -0.05) is 23.7 Å². The van der Waals surface area contributed by atoms with Crippen LogP contribution in [0.25, 0.3) is 11.3 Å². The second-order valence-electron chi connectivity index (χ2n) is 5.35. The fourth-order valence-corrected chi connectivity index (χ4v) is 1.74. The van der Waals surface area contributed by atoms with Gasteiger partial charge in [-0.25, -0.2) is 0 Å². The van der Waals surface area contributed by atoms with E-state index in [1.807, 2.05) is 26.0 Å². The maximum Gasteiger partial charge on any atom is 0.269 e. The summed E-state index contributed by atoms with van der Waals surface area (Å²) >= 11 is 5.83. The third kappa shape index (κ3) is 5.04. The van der Waals surface area contributed by atoms with Gasteiger partial charge in [-0.05, 0) is 32.0 Å². The Balaban J connectivity index is 0.00000220. The Morgan fingerprint density at radius 3 is 2.57 bits per heavy atom. The molecule has 5 nitrogen and oxygen atoms in total. The van der Waals surface area contributed by atoms with Crippen LogP contribution in [-0.2, 0) is 0 Å². The molecule has 1 aromatic carbocycles. The van der Waals surface area contributed by atoms with E-state index in [4.69, 9.17) is 17.3 Å². The second kappa shape index (κ2) is 6.93. The van der Waals surface area contributed by atoms with Crippen molar-refractivity contribution >= 4 is 29.9 Å². The van der Waals surface area contributed by atoms with Gasteiger partial charge in [0.05, 0.1) is 5.69 Å². The topological polar surface area (TPSA) is 83.8 Å². The van der Waals surface area contributed by atoms with Crippen LogP contribution in [0.3, 0.4) is 0 Å². The first-order chi connectivity index (χ1) is 9.35. The summed E-state index contributed by atoms with van der Waals surface area (Å²) in [5.74, 6) is -0.226. The van der Waals surface area contributed by atoms with E-state index in [0.717, 1.165) is 5.56 Å². The van der Waals surface area contributed by atoms with E-state index in [0.29, 0.717) is 23.0 Å². The molecule has 7 heteroatoms. The smallest absolute Gasteiger partial charge is 0.269 e. The lowest BCUT2D eigenvalue weighted by Crippen LogP contribution is -2.45. The van der Waals surface area contributed by atoms with Crippen molar-refractivity contribution in [2.45, 2.75) is 19.4 Å². The monoisotopic (exact) mass is 328 g/mol. The number of hydrogen-bond donors (Lipinski definition) is 3. The van der Waals surface area contributed by atoms with Crippen molar-refractivity contribution in [3.05, 3.63) is 41.0 Å². The predicted octanol–water partition coefficient (Wildman–Crippen LogP) is 2.62. The van der Waals surface area contributed by atoms with Gasteiger partial charge in [-0.15, -0.1) is 12.4 Å². The van der Waals surface area contributed by atoms with Crippen molar-refractivity contribution in [2.24, 2.45) is 5.73 Å². The van der Waals surface area contributed by atoms with Crippen LogP contribution in [0.4, 0.5) is 0 Å². The average molecular weight is 329 g/mol. The number of halogens is 2. The highest BCUT2D eigenvalue weighted by molar-refractivity contribution is 6.30. The van der Waals surface area contributed by atoms with Crippen LogP contribution < -0.4 is 11.1 Å². The molecule has 0 atom stereocenters. The molecule has 0 aliphatic rings. The van der Waals surface area contributed by atoms with E-state index >= 15 is 0 Å². The molecule has 1 heterocycles. The van der Waals surface area contributed by atoms with Crippen LogP contribution in [0.1, 0.15) is 24.3 Å². The van der Waals surface area contributed by atoms with E-state index < -0.39 is 5.54 Å². The second-order valence-corrected chi connectivity index (χ2v) is 5.78. The van der Waals surface area contributed by atoms with Gasteiger partial charge in [0.1, 0.15) is 5.69 Å². The zero-order valence-corrected chi connectivity index (χ0v) is 13.4. The molecule has 1 amide bonds. The lowest BCUT2D eigenvalue weighted by Gasteiger charge is -2.18. The number of nitrogens with one attached hydrogen (secondary N) is 2. The molecule has 0 saturated carbocycles. The van der Waals surface area contributed by atoms with Crippen molar-refractivity contribution in [2.75, 3.05) is 6.54 Å². The molecule has 0 aliphatic heterocycles. The summed E-state index contributed by atoms with van der Waals surface area (Å²) in [4.78, 5) is 11.9. The summed E-state index contributed by atoms with van der Waals surface area (Å²) in [5.41, 5.74) is 7.36. The lowest BCUT2D eigenvalue weighted by atomic mass is 10.1. The highest BCUT2D eigenvalue weighted by Crippen LogP contribution is 2.20. The number of carbonyl (C=O) groups is 1. The molecule has 0 bridgehead atoms. The minimum atomic E-state index is -0.450. The van der Waals surface area contributed by atoms with E-state index in [2.05, 4.69) is 15.5 Å². The molecule has 0 aliphatic carbocycles. The van der Waals surface area contributed by atoms with Crippen LogP contribution >= 0.6 is 24.0 Å². The first-order valence-corrected chi connectivity index (χ1v) is 6.61. The van der Waals surface area contributed by atoms with Crippen molar-refractivity contribution in [3.63, 3.8) is 0 Å². The quantitative estimate of drug-likeness (QED) is 0.806. The molecule has 114 valence electrons. The van der Waals surface area contributed by atoms with E-state index in [1.165, 1.54) is 0 Å². The number of benzene rings is 1. The average Bonchev–Trinajstić information content (AvgIpc) is 2.85. The normalized spacial score (nSPS) is 10.9. The summed E-state index contributed by atoms with van der Waals surface area (Å²) in [6.45, 7) is 4.08. The number of aromatic amines is 1. The molecule has 0 fully saturated rings. The number of aromatic nitrogens is 2. The molecule has 0 saturated heterocycles. The highest BCUT2D eigenvalue weighted by atomic mass is 35.5. The van der Waals surface area contributed by atoms with Crippen LogP contribution in [0.2, 0.25) is 5.02 Å². The van der Waals surface area contributed by atoms with Crippen molar-refractivity contribution in [1.82, 2.24) is 15.5 Å². The van der Waals surface area contributed by atoms with Crippen molar-refractivity contribution in [1.29, 1.82) is 0 Å². The largest absolute Gasteiger partial charge is 0.349 e. The Hall–Kier alpha value is -1.56.